The van der Waals surface area contributed by atoms with E-state index in [1.807, 2.05) is 6.92 Å². The summed E-state index contributed by atoms with van der Waals surface area (Å²) in [6.07, 6.45) is 8.14. The van der Waals surface area contributed by atoms with Gasteiger partial charge < -0.3 is 9.47 Å². The molecule has 4 heteroatoms. The zero-order valence-electron chi connectivity index (χ0n) is 13.7. The predicted molar refractivity (Wildman–Crippen MR) is 79.1 cm³/mol. The largest absolute Gasteiger partial charge is 0.423 e. The molecule has 0 bridgehead atoms. The van der Waals surface area contributed by atoms with Crippen LogP contribution in [0.25, 0.3) is 0 Å². The number of ether oxygens (including phenoxy) is 2. The number of carbonyl (C=O) groups is 2. The molecule has 0 spiro atoms. The summed E-state index contributed by atoms with van der Waals surface area (Å²) in [5.41, 5.74) is 0. The van der Waals surface area contributed by atoms with Gasteiger partial charge in [-0.15, -0.1) is 0 Å². The molecular weight excluding hydrogens is 256 g/mol. The molecule has 0 saturated heterocycles. The van der Waals surface area contributed by atoms with Crippen molar-refractivity contribution in [3.05, 3.63) is 0 Å². The minimum atomic E-state index is -1.15. The SMILES string of the molecule is CCCCCCCCC(C)C(C)(OC(C)=O)OC(C)=O. The quantitative estimate of drug-likeness (QED) is 0.343. The van der Waals surface area contributed by atoms with Crippen molar-refractivity contribution in [2.45, 2.75) is 85.4 Å². The van der Waals surface area contributed by atoms with E-state index in [1.54, 1.807) is 6.92 Å². The first-order valence-electron chi connectivity index (χ1n) is 7.71. The van der Waals surface area contributed by atoms with E-state index in [0.717, 1.165) is 12.8 Å². The van der Waals surface area contributed by atoms with Gasteiger partial charge in [0.05, 0.1) is 0 Å². The third kappa shape index (κ3) is 8.18. The molecule has 0 amide bonds. The smallest absolute Gasteiger partial charge is 0.305 e. The molecule has 0 aromatic carbocycles. The summed E-state index contributed by atoms with van der Waals surface area (Å²) in [5, 5.41) is 0. The molecule has 0 saturated carbocycles. The first-order valence-corrected chi connectivity index (χ1v) is 7.71. The number of hydrogen-bond donors (Lipinski definition) is 0. The molecule has 20 heavy (non-hydrogen) atoms. The highest BCUT2D eigenvalue weighted by molar-refractivity contribution is 5.68. The highest BCUT2D eigenvalue weighted by Crippen LogP contribution is 2.28. The lowest BCUT2D eigenvalue weighted by molar-refractivity contribution is -0.237. The second kappa shape index (κ2) is 9.78. The van der Waals surface area contributed by atoms with Gasteiger partial charge in [-0.2, -0.15) is 0 Å². The van der Waals surface area contributed by atoms with Gasteiger partial charge in [0.2, 0.25) is 0 Å². The van der Waals surface area contributed by atoms with Crippen LogP contribution in [0.4, 0.5) is 0 Å². The fourth-order valence-electron chi connectivity index (χ4n) is 2.29. The van der Waals surface area contributed by atoms with Crippen molar-refractivity contribution in [2.24, 2.45) is 5.92 Å². The fraction of sp³-hybridized carbons (Fsp3) is 0.875. The molecule has 0 aliphatic rings. The lowest BCUT2D eigenvalue weighted by Crippen LogP contribution is -2.42. The van der Waals surface area contributed by atoms with Gasteiger partial charge in [0, 0.05) is 26.7 Å². The summed E-state index contributed by atoms with van der Waals surface area (Å²) < 4.78 is 10.4. The molecule has 0 rings (SSSR count). The zero-order chi connectivity index (χ0) is 15.6. The average Bonchev–Trinajstić information content (AvgIpc) is 2.31. The van der Waals surface area contributed by atoms with Crippen LogP contribution in [-0.2, 0) is 19.1 Å². The van der Waals surface area contributed by atoms with Crippen molar-refractivity contribution in [1.29, 1.82) is 0 Å². The monoisotopic (exact) mass is 286 g/mol. The van der Waals surface area contributed by atoms with Crippen molar-refractivity contribution in [1.82, 2.24) is 0 Å². The minimum Gasteiger partial charge on any atom is -0.423 e. The molecular formula is C16H30O4. The molecule has 0 aromatic heterocycles. The van der Waals surface area contributed by atoms with Crippen molar-refractivity contribution >= 4 is 11.9 Å². The standard InChI is InChI=1S/C16H30O4/c1-6-7-8-9-10-11-12-13(2)16(5,19-14(3)17)20-15(4)18/h13H,6-12H2,1-5H3. The summed E-state index contributed by atoms with van der Waals surface area (Å²) in [5.74, 6) is -2.02. The first kappa shape index (κ1) is 18.9. The number of rotatable bonds is 10. The lowest BCUT2D eigenvalue weighted by atomic mass is 9.94. The predicted octanol–water partition coefficient (Wildman–Crippen LogP) is 4.22. The Balaban J connectivity index is 4.23. The summed E-state index contributed by atoms with van der Waals surface area (Å²) in [6, 6.07) is 0. The number of hydrogen-bond acceptors (Lipinski definition) is 4. The minimum absolute atomic E-state index is 0.0125. The van der Waals surface area contributed by atoms with E-state index in [-0.39, 0.29) is 5.92 Å². The molecule has 0 heterocycles. The van der Waals surface area contributed by atoms with Crippen LogP contribution >= 0.6 is 0 Å². The Labute approximate surface area is 123 Å². The maximum absolute atomic E-state index is 11.2. The van der Waals surface area contributed by atoms with Crippen LogP contribution in [0.1, 0.15) is 79.6 Å². The Morgan fingerprint density at radius 1 is 0.950 bits per heavy atom. The molecule has 0 N–H and O–H groups in total. The summed E-state index contributed by atoms with van der Waals surface area (Å²) in [4.78, 5) is 22.4. The van der Waals surface area contributed by atoms with Gasteiger partial charge in [-0.1, -0.05) is 52.4 Å². The molecule has 4 nitrogen and oxygen atoms in total. The van der Waals surface area contributed by atoms with Crippen LogP contribution in [0.5, 0.6) is 0 Å². The fourth-order valence-corrected chi connectivity index (χ4v) is 2.29. The molecule has 1 unspecified atom stereocenters. The number of unbranched alkanes of at least 4 members (excludes halogenated alkanes) is 5. The van der Waals surface area contributed by atoms with Gasteiger partial charge in [-0.25, -0.2) is 0 Å². The topological polar surface area (TPSA) is 52.6 Å². The zero-order valence-corrected chi connectivity index (χ0v) is 13.7. The van der Waals surface area contributed by atoms with Crippen LogP contribution in [-0.4, -0.2) is 17.7 Å². The van der Waals surface area contributed by atoms with E-state index in [9.17, 15) is 9.59 Å². The van der Waals surface area contributed by atoms with Gasteiger partial charge in [0.1, 0.15) is 0 Å². The second-order valence-corrected chi connectivity index (χ2v) is 5.66. The van der Waals surface area contributed by atoms with Crippen LogP contribution in [0, 0.1) is 5.92 Å². The summed E-state index contributed by atoms with van der Waals surface area (Å²) in [7, 11) is 0. The Hall–Kier alpha value is -1.06. The average molecular weight is 286 g/mol. The Bertz CT molecular complexity index is 283. The Morgan fingerprint density at radius 3 is 1.85 bits per heavy atom. The van der Waals surface area contributed by atoms with Gasteiger partial charge in [-0.05, 0) is 6.42 Å². The van der Waals surface area contributed by atoms with E-state index in [0.29, 0.717) is 0 Å². The molecule has 0 radical (unpaired) electrons. The van der Waals surface area contributed by atoms with Crippen molar-refractivity contribution in [2.75, 3.05) is 0 Å². The number of esters is 2. The molecule has 118 valence electrons. The van der Waals surface area contributed by atoms with Crippen molar-refractivity contribution in [3.63, 3.8) is 0 Å². The van der Waals surface area contributed by atoms with Gasteiger partial charge in [0.25, 0.3) is 5.79 Å². The number of carbonyl (C=O) groups excluding carboxylic acids is 2. The van der Waals surface area contributed by atoms with Crippen LogP contribution < -0.4 is 0 Å². The van der Waals surface area contributed by atoms with E-state index in [4.69, 9.17) is 9.47 Å². The van der Waals surface area contributed by atoms with Gasteiger partial charge >= 0.3 is 11.9 Å². The second-order valence-electron chi connectivity index (χ2n) is 5.66. The molecule has 1 atom stereocenters. The molecule has 0 aliphatic carbocycles. The lowest BCUT2D eigenvalue weighted by Gasteiger charge is -2.33. The van der Waals surface area contributed by atoms with Gasteiger partial charge in [0.15, 0.2) is 0 Å². The third-order valence-electron chi connectivity index (χ3n) is 3.58. The highest BCUT2D eigenvalue weighted by atomic mass is 16.7. The van der Waals surface area contributed by atoms with Crippen LogP contribution in [0.3, 0.4) is 0 Å². The van der Waals surface area contributed by atoms with Crippen LogP contribution in [0.2, 0.25) is 0 Å². The molecule has 0 aliphatic heterocycles. The van der Waals surface area contributed by atoms with Crippen LogP contribution in [0.15, 0.2) is 0 Å². The molecule has 0 fully saturated rings. The van der Waals surface area contributed by atoms with Crippen molar-refractivity contribution < 1.29 is 19.1 Å². The van der Waals surface area contributed by atoms with E-state index >= 15 is 0 Å². The maximum Gasteiger partial charge on any atom is 0.305 e. The van der Waals surface area contributed by atoms with Gasteiger partial charge in [-0.3, -0.25) is 9.59 Å². The van der Waals surface area contributed by atoms with E-state index < -0.39 is 17.7 Å². The summed E-state index contributed by atoms with van der Waals surface area (Å²) >= 11 is 0. The van der Waals surface area contributed by atoms with Crippen molar-refractivity contribution in [3.8, 4) is 0 Å². The first-order chi connectivity index (χ1) is 9.31. The maximum atomic E-state index is 11.2. The Morgan fingerprint density at radius 2 is 1.40 bits per heavy atom. The van der Waals surface area contributed by atoms with E-state index in [2.05, 4.69) is 6.92 Å². The third-order valence-corrected chi connectivity index (χ3v) is 3.58. The normalized spacial score (nSPS) is 12.8. The highest BCUT2D eigenvalue weighted by Gasteiger charge is 2.37. The molecule has 0 aromatic rings. The Kier molecular flexibility index (Phi) is 9.26. The summed E-state index contributed by atoms with van der Waals surface area (Å²) in [6.45, 7) is 8.49. The van der Waals surface area contributed by atoms with E-state index in [1.165, 1.54) is 46.0 Å².